The Balaban J connectivity index is 1.94. The molecule has 2 unspecified atom stereocenters. The van der Waals surface area contributed by atoms with Crippen molar-refractivity contribution in [3.63, 3.8) is 0 Å². The van der Waals surface area contributed by atoms with Crippen molar-refractivity contribution in [1.29, 1.82) is 0 Å². The zero-order chi connectivity index (χ0) is 12.5. The van der Waals surface area contributed by atoms with Crippen LogP contribution in [0.2, 0.25) is 0 Å². The summed E-state index contributed by atoms with van der Waals surface area (Å²) in [5.41, 5.74) is 5.50. The van der Waals surface area contributed by atoms with Gasteiger partial charge >= 0.3 is 0 Å². The monoisotopic (exact) mass is 263 g/mol. The maximum Gasteiger partial charge on any atom is 0.168 e. The van der Waals surface area contributed by atoms with Crippen LogP contribution in [0.5, 0.6) is 0 Å². The van der Waals surface area contributed by atoms with Crippen LogP contribution < -0.4 is 5.73 Å². The van der Waals surface area contributed by atoms with Crippen molar-refractivity contribution in [2.75, 3.05) is 24.7 Å². The van der Waals surface area contributed by atoms with Crippen LogP contribution in [0.3, 0.4) is 0 Å². The Morgan fingerprint density at radius 1 is 1.35 bits per heavy atom. The molecule has 2 saturated heterocycles. The molecule has 2 aliphatic rings. The van der Waals surface area contributed by atoms with Gasteiger partial charge in [0.1, 0.15) is 9.84 Å². The lowest BCUT2D eigenvalue weighted by molar-refractivity contribution is -0.193. The minimum Gasteiger partial charge on any atom is -0.347 e. The molecule has 100 valence electrons. The molecule has 2 heterocycles. The summed E-state index contributed by atoms with van der Waals surface area (Å²) in [6.07, 6.45) is 2.12. The average Bonchev–Trinajstić information content (AvgIpc) is 2.61. The summed E-state index contributed by atoms with van der Waals surface area (Å²) >= 11 is 0. The van der Waals surface area contributed by atoms with Crippen molar-refractivity contribution < 1.29 is 17.9 Å². The van der Waals surface area contributed by atoms with Crippen LogP contribution in [-0.2, 0) is 19.3 Å². The lowest BCUT2D eigenvalue weighted by Crippen LogP contribution is -2.41. The Bertz CT molecular complexity index is 356. The number of ether oxygens (including phenoxy) is 2. The lowest BCUT2D eigenvalue weighted by Gasteiger charge is -2.35. The standard InChI is InChI=1S/C11H21NO4S/c1-11(15-8-10(16-11)2-5-12)9-3-6-17(13,14)7-4-9/h9-10H,2-8,12H2,1H3. The van der Waals surface area contributed by atoms with Crippen molar-refractivity contribution in [2.24, 2.45) is 11.7 Å². The molecule has 0 bridgehead atoms. The third kappa shape index (κ3) is 2.99. The number of hydrogen-bond donors (Lipinski definition) is 1. The van der Waals surface area contributed by atoms with Gasteiger partial charge in [-0.25, -0.2) is 8.42 Å². The average molecular weight is 263 g/mol. The van der Waals surface area contributed by atoms with Gasteiger partial charge in [0.15, 0.2) is 5.79 Å². The van der Waals surface area contributed by atoms with Gasteiger partial charge in [-0.1, -0.05) is 0 Å². The fourth-order valence-electron chi connectivity index (χ4n) is 2.61. The largest absolute Gasteiger partial charge is 0.347 e. The summed E-state index contributed by atoms with van der Waals surface area (Å²) < 4.78 is 34.4. The van der Waals surface area contributed by atoms with Crippen molar-refractivity contribution >= 4 is 9.84 Å². The van der Waals surface area contributed by atoms with E-state index in [1.807, 2.05) is 6.92 Å². The molecule has 2 N–H and O–H groups in total. The lowest BCUT2D eigenvalue weighted by atomic mass is 9.94. The first-order chi connectivity index (χ1) is 7.95. The van der Waals surface area contributed by atoms with Crippen LogP contribution in [0.4, 0.5) is 0 Å². The molecule has 0 aromatic carbocycles. The molecule has 2 aliphatic heterocycles. The summed E-state index contributed by atoms with van der Waals surface area (Å²) in [7, 11) is -2.83. The molecular weight excluding hydrogens is 242 g/mol. The van der Waals surface area contributed by atoms with E-state index in [0.717, 1.165) is 6.42 Å². The molecule has 0 saturated carbocycles. The van der Waals surface area contributed by atoms with Crippen LogP contribution in [0, 0.1) is 5.92 Å². The predicted molar refractivity (Wildman–Crippen MR) is 64.3 cm³/mol. The van der Waals surface area contributed by atoms with Gasteiger partial charge < -0.3 is 15.2 Å². The van der Waals surface area contributed by atoms with Crippen LogP contribution in [0.15, 0.2) is 0 Å². The summed E-state index contributed by atoms with van der Waals surface area (Å²) in [5.74, 6) is 0.0626. The molecule has 0 radical (unpaired) electrons. The molecule has 2 atom stereocenters. The second-order valence-electron chi connectivity index (χ2n) is 5.07. The van der Waals surface area contributed by atoms with Crippen molar-refractivity contribution in [3.8, 4) is 0 Å². The van der Waals surface area contributed by atoms with Crippen molar-refractivity contribution in [1.82, 2.24) is 0 Å². The molecule has 0 spiro atoms. The SMILES string of the molecule is CC1(C2CCS(=O)(=O)CC2)OCC(CCN)O1. The van der Waals surface area contributed by atoms with E-state index in [4.69, 9.17) is 15.2 Å². The first-order valence-electron chi connectivity index (χ1n) is 6.17. The van der Waals surface area contributed by atoms with Gasteiger partial charge in [0.05, 0.1) is 24.2 Å². The zero-order valence-electron chi connectivity index (χ0n) is 10.2. The van der Waals surface area contributed by atoms with E-state index < -0.39 is 15.6 Å². The highest BCUT2D eigenvalue weighted by Crippen LogP contribution is 2.38. The molecule has 0 aromatic heterocycles. The van der Waals surface area contributed by atoms with Crippen LogP contribution in [0.25, 0.3) is 0 Å². The van der Waals surface area contributed by atoms with Gasteiger partial charge in [0.25, 0.3) is 0 Å². The number of rotatable bonds is 3. The van der Waals surface area contributed by atoms with Gasteiger partial charge in [0.2, 0.25) is 0 Å². The highest BCUT2D eigenvalue weighted by atomic mass is 32.2. The topological polar surface area (TPSA) is 78.6 Å². The summed E-state index contributed by atoms with van der Waals surface area (Å²) in [6.45, 7) is 3.08. The van der Waals surface area contributed by atoms with E-state index in [9.17, 15) is 8.42 Å². The molecular formula is C11H21NO4S. The van der Waals surface area contributed by atoms with Gasteiger partial charge in [-0.15, -0.1) is 0 Å². The zero-order valence-corrected chi connectivity index (χ0v) is 11.0. The van der Waals surface area contributed by atoms with Crippen LogP contribution >= 0.6 is 0 Å². The van der Waals surface area contributed by atoms with Crippen LogP contribution in [0.1, 0.15) is 26.2 Å². The maximum atomic E-state index is 11.4. The maximum absolute atomic E-state index is 11.4. The van der Waals surface area contributed by atoms with Crippen molar-refractivity contribution in [2.45, 2.75) is 38.1 Å². The van der Waals surface area contributed by atoms with Crippen LogP contribution in [-0.4, -0.2) is 45.0 Å². The predicted octanol–water partition coefficient (Wildman–Crippen LogP) is 0.292. The minimum absolute atomic E-state index is 0.0588. The summed E-state index contributed by atoms with van der Waals surface area (Å²) in [6, 6.07) is 0. The van der Waals surface area contributed by atoms with E-state index in [0.29, 0.717) is 26.0 Å². The molecule has 6 heteroatoms. The minimum atomic E-state index is -2.83. The molecule has 0 aromatic rings. The first-order valence-corrected chi connectivity index (χ1v) is 7.99. The number of nitrogens with two attached hydrogens (primary N) is 1. The van der Waals surface area contributed by atoms with Gasteiger partial charge in [0, 0.05) is 5.92 Å². The molecule has 2 fully saturated rings. The third-order valence-electron chi connectivity index (χ3n) is 3.74. The number of hydrogen-bond acceptors (Lipinski definition) is 5. The quantitative estimate of drug-likeness (QED) is 0.792. The molecule has 0 aliphatic carbocycles. The fourth-order valence-corrected chi connectivity index (χ4v) is 4.11. The van der Waals surface area contributed by atoms with Gasteiger partial charge in [-0.05, 0) is 32.7 Å². The second-order valence-corrected chi connectivity index (χ2v) is 7.37. The van der Waals surface area contributed by atoms with Crippen molar-refractivity contribution in [3.05, 3.63) is 0 Å². The van der Waals surface area contributed by atoms with Gasteiger partial charge in [-0.2, -0.15) is 0 Å². The molecule has 5 nitrogen and oxygen atoms in total. The second kappa shape index (κ2) is 4.84. The summed E-state index contributed by atoms with van der Waals surface area (Å²) in [4.78, 5) is 0. The van der Waals surface area contributed by atoms with E-state index in [2.05, 4.69) is 0 Å². The Kier molecular flexibility index (Phi) is 3.77. The summed E-state index contributed by atoms with van der Waals surface area (Å²) in [5, 5.41) is 0. The Morgan fingerprint density at radius 2 is 2.00 bits per heavy atom. The normalized spacial score (nSPS) is 38.4. The molecule has 0 amide bonds. The highest BCUT2D eigenvalue weighted by molar-refractivity contribution is 7.91. The highest BCUT2D eigenvalue weighted by Gasteiger charge is 2.45. The number of sulfone groups is 1. The smallest absolute Gasteiger partial charge is 0.168 e. The van der Waals surface area contributed by atoms with Gasteiger partial charge in [-0.3, -0.25) is 0 Å². The van der Waals surface area contributed by atoms with E-state index in [1.54, 1.807) is 0 Å². The molecule has 17 heavy (non-hydrogen) atoms. The molecule has 2 rings (SSSR count). The Hall–Kier alpha value is -0.170. The first kappa shape index (κ1) is 13.3. The Labute approximate surface area is 103 Å². The van der Waals surface area contributed by atoms with E-state index in [1.165, 1.54) is 0 Å². The van der Waals surface area contributed by atoms with E-state index in [-0.39, 0.29) is 23.5 Å². The van der Waals surface area contributed by atoms with E-state index >= 15 is 0 Å². The third-order valence-corrected chi connectivity index (χ3v) is 5.46. The Morgan fingerprint density at radius 3 is 2.59 bits per heavy atom. The fraction of sp³-hybridized carbons (Fsp3) is 1.00.